The van der Waals surface area contributed by atoms with Crippen LogP contribution in [-0.4, -0.2) is 54.0 Å². The average Bonchev–Trinajstić information content (AvgIpc) is 3.25. The number of para-hydroxylation sites is 1. The van der Waals surface area contributed by atoms with Crippen molar-refractivity contribution in [3.8, 4) is 5.75 Å². The van der Waals surface area contributed by atoms with Crippen molar-refractivity contribution in [2.75, 3.05) is 33.3 Å². The summed E-state index contributed by atoms with van der Waals surface area (Å²) in [7, 11) is 1.74. The Morgan fingerprint density at radius 3 is 2.49 bits per heavy atom. The van der Waals surface area contributed by atoms with Crippen molar-refractivity contribution in [1.82, 2.24) is 14.8 Å². The van der Waals surface area contributed by atoms with E-state index < -0.39 is 0 Å². The Hall–Kier alpha value is -3.18. The predicted octanol–water partition coefficient (Wildman–Crippen LogP) is 5.41. The van der Waals surface area contributed by atoms with Crippen LogP contribution in [0.2, 0.25) is 0 Å². The van der Waals surface area contributed by atoms with Crippen molar-refractivity contribution in [3.63, 3.8) is 0 Å². The van der Waals surface area contributed by atoms with E-state index in [9.17, 15) is 4.79 Å². The third kappa shape index (κ3) is 6.29. The van der Waals surface area contributed by atoms with Gasteiger partial charge in [-0.25, -0.2) is 0 Å². The van der Waals surface area contributed by atoms with Crippen molar-refractivity contribution in [2.24, 2.45) is 11.8 Å². The SMILES string of the molecule is COc1ccccc1[C@@H]1CN(Cc2cccc(C)n2)C[C@@H]1CN(CC(C)C)C(=O)c1ccccc1. The molecule has 5 nitrogen and oxygen atoms in total. The van der Waals surface area contributed by atoms with Crippen LogP contribution in [0.3, 0.4) is 0 Å². The third-order valence-corrected chi connectivity index (χ3v) is 6.74. The molecule has 4 rings (SSSR count). The van der Waals surface area contributed by atoms with Gasteiger partial charge in [-0.15, -0.1) is 0 Å². The number of ether oxygens (including phenoxy) is 1. The molecule has 0 aliphatic carbocycles. The summed E-state index contributed by atoms with van der Waals surface area (Å²) in [5.41, 5.74) is 4.09. The maximum atomic E-state index is 13.5. The Morgan fingerprint density at radius 2 is 1.77 bits per heavy atom. The zero-order chi connectivity index (χ0) is 24.8. The number of carbonyl (C=O) groups excluding carboxylic acids is 1. The summed E-state index contributed by atoms with van der Waals surface area (Å²) >= 11 is 0. The fourth-order valence-electron chi connectivity index (χ4n) is 5.24. The Balaban J connectivity index is 1.61. The van der Waals surface area contributed by atoms with Gasteiger partial charge in [0.2, 0.25) is 0 Å². The molecule has 2 aromatic carbocycles. The van der Waals surface area contributed by atoms with Crippen molar-refractivity contribution < 1.29 is 9.53 Å². The highest BCUT2D eigenvalue weighted by atomic mass is 16.5. The maximum Gasteiger partial charge on any atom is 0.253 e. The smallest absolute Gasteiger partial charge is 0.253 e. The molecule has 35 heavy (non-hydrogen) atoms. The van der Waals surface area contributed by atoms with Gasteiger partial charge in [0.15, 0.2) is 0 Å². The van der Waals surface area contributed by atoms with Gasteiger partial charge in [0.05, 0.1) is 12.8 Å². The summed E-state index contributed by atoms with van der Waals surface area (Å²) in [6.07, 6.45) is 0. The van der Waals surface area contributed by atoms with Crippen LogP contribution in [0.1, 0.15) is 47.1 Å². The van der Waals surface area contributed by atoms with E-state index in [1.807, 2.05) is 55.5 Å². The minimum Gasteiger partial charge on any atom is -0.496 e. The Kier molecular flexibility index (Phi) is 8.19. The molecule has 1 amide bonds. The lowest BCUT2D eigenvalue weighted by Gasteiger charge is -2.30. The van der Waals surface area contributed by atoms with Gasteiger partial charge < -0.3 is 9.64 Å². The van der Waals surface area contributed by atoms with Crippen molar-refractivity contribution >= 4 is 5.91 Å². The standard InChI is InChI=1S/C30H37N3O2/c1-22(2)17-33(30(34)24-12-6-5-7-13-24)19-25-18-32(20-26-14-10-11-23(3)31-26)21-28(25)27-15-8-9-16-29(27)35-4/h5-16,22,25,28H,17-21H2,1-4H3/t25-,28-/m1/s1. The lowest BCUT2D eigenvalue weighted by Crippen LogP contribution is -2.39. The molecule has 0 spiro atoms. The first kappa shape index (κ1) is 24.9. The topological polar surface area (TPSA) is 45.7 Å². The van der Waals surface area contributed by atoms with Crippen LogP contribution in [0.4, 0.5) is 0 Å². The maximum absolute atomic E-state index is 13.5. The van der Waals surface area contributed by atoms with E-state index >= 15 is 0 Å². The van der Waals surface area contributed by atoms with Crippen LogP contribution in [0.25, 0.3) is 0 Å². The van der Waals surface area contributed by atoms with Gasteiger partial charge in [0, 0.05) is 49.9 Å². The Labute approximate surface area is 209 Å². The number of aromatic nitrogens is 1. The first-order valence-electron chi connectivity index (χ1n) is 12.6. The van der Waals surface area contributed by atoms with Crippen LogP contribution in [-0.2, 0) is 6.54 Å². The van der Waals surface area contributed by atoms with Crippen LogP contribution >= 0.6 is 0 Å². The highest BCUT2D eigenvalue weighted by Crippen LogP contribution is 2.38. The monoisotopic (exact) mass is 471 g/mol. The number of aryl methyl sites for hydroxylation is 1. The van der Waals surface area contributed by atoms with E-state index in [-0.39, 0.29) is 11.8 Å². The van der Waals surface area contributed by atoms with Crippen LogP contribution in [0.15, 0.2) is 72.8 Å². The van der Waals surface area contributed by atoms with Crippen molar-refractivity contribution in [1.29, 1.82) is 0 Å². The zero-order valence-electron chi connectivity index (χ0n) is 21.4. The molecule has 3 aromatic rings. The largest absolute Gasteiger partial charge is 0.496 e. The minimum absolute atomic E-state index is 0.108. The fraction of sp³-hybridized carbons (Fsp3) is 0.400. The molecule has 1 aliphatic rings. The molecule has 0 radical (unpaired) electrons. The van der Waals surface area contributed by atoms with Crippen LogP contribution in [0.5, 0.6) is 5.75 Å². The van der Waals surface area contributed by atoms with E-state index in [1.54, 1.807) is 7.11 Å². The van der Waals surface area contributed by atoms with E-state index in [4.69, 9.17) is 9.72 Å². The summed E-state index contributed by atoms with van der Waals surface area (Å²) < 4.78 is 5.75. The molecule has 5 heteroatoms. The van der Waals surface area contributed by atoms with Gasteiger partial charge in [-0.2, -0.15) is 0 Å². The summed E-state index contributed by atoms with van der Waals surface area (Å²) in [5.74, 6) is 1.98. The third-order valence-electron chi connectivity index (χ3n) is 6.74. The first-order valence-corrected chi connectivity index (χ1v) is 12.6. The van der Waals surface area contributed by atoms with Crippen LogP contribution < -0.4 is 4.74 Å². The summed E-state index contributed by atoms with van der Waals surface area (Å²) in [6, 6.07) is 24.2. The van der Waals surface area contributed by atoms with Gasteiger partial charge >= 0.3 is 0 Å². The number of nitrogens with zero attached hydrogens (tertiary/aromatic N) is 3. The molecule has 0 bridgehead atoms. The molecule has 0 N–H and O–H groups in total. The molecule has 1 fully saturated rings. The van der Waals surface area contributed by atoms with Gasteiger partial charge in [0.1, 0.15) is 5.75 Å². The van der Waals surface area contributed by atoms with Gasteiger partial charge in [0.25, 0.3) is 5.91 Å². The molecular formula is C30H37N3O2. The highest BCUT2D eigenvalue weighted by Gasteiger charge is 2.37. The van der Waals surface area contributed by atoms with E-state index in [0.29, 0.717) is 18.4 Å². The number of amides is 1. The van der Waals surface area contributed by atoms with E-state index in [0.717, 1.165) is 48.9 Å². The molecule has 2 heterocycles. The Bertz CT molecular complexity index is 1120. The summed E-state index contributed by atoms with van der Waals surface area (Å²) in [4.78, 5) is 22.8. The summed E-state index contributed by atoms with van der Waals surface area (Å²) in [6.45, 7) is 10.5. The van der Waals surface area contributed by atoms with E-state index in [1.165, 1.54) is 5.56 Å². The van der Waals surface area contributed by atoms with E-state index in [2.05, 4.69) is 47.9 Å². The number of pyridine rings is 1. The van der Waals surface area contributed by atoms with Gasteiger partial charge in [-0.05, 0) is 54.7 Å². The second-order valence-corrected chi connectivity index (χ2v) is 10.0. The molecule has 0 unspecified atom stereocenters. The lowest BCUT2D eigenvalue weighted by molar-refractivity contribution is 0.0703. The number of hydrogen-bond acceptors (Lipinski definition) is 4. The first-order chi connectivity index (χ1) is 16.9. The molecule has 184 valence electrons. The van der Waals surface area contributed by atoms with Crippen molar-refractivity contribution in [3.05, 3.63) is 95.3 Å². The second-order valence-electron chi connectivity index (χ2n) is 10.0. The predicted molar refractivity (Wildman–Crippen MR) is 141 cm³/mol. The molecule has 1 saturated heterocycles. The number of hydrogen-bond donors (Lipinski definition) is 0. The van der Waals surface area contributed by atoms with Crippen LogP contribution in [0, 0.1) is 18.8 Å². The molecule has 1 aromatic heterocycles. The number of benzene rings is 2. The molecule has 1 aliphatic heterocycles. The molecule has 2 atom stereocenters. The minimum atomic E-state index is 0.108. The number of methoxy groups -OCH3 is 1. The molecule has 0 saturated carbocycles. The van der Waals surface area contributed by atoms with Gasteiger partial charge in [-0.3, -0.25) is 14.7 Å². The Morgan fingerprint density at radius 1 is 1.03 bits per heavy atom. The normalized spacial score (nSPS) is 18.1. The zero-order valence-corrected chi connectivity index (χ0v) is 21.4. The lowest BCUT2D eigenvalue weighted by atomic mass is 9.87. The highest BCUT2D eigenvalue weighted by molar-refractivity contribution is 5.94. The number of carbonyl (C=O) groups is 1. The average molecular weight is 472 g/mol. The summed E-state index contributed by atoms with van der Waals surface area (Å²) in [5, 5.41) is 0. The molecular weight excluding hydrogens is 434 g/mol. The fourth-order valence-corrected chi connectivity index (χ4v) is 5.24. The number of rotatable bonds is 9. The quantitative estimate of drug-likeness (QED) is 0.418. The van der Waals surface area contributed by atoms with Crippen molar-refractivity contribution in [2.45, 2.75) is 33.2 Å². The second kappa shape index (κ2) is 11.5. The van der Waals surface area contributed by atoms with Gasteiger partial charge in [-0.1, -0.05) is 56.3 Å². The number of likely N-dealkylation sites (tertiary alicyclic amines) is 1.